The minimum atomic E-state index is -4.46. The second-order valence-electron chi connectivity index (χ2n) is 9.32. The normalized spacial score (nSPS) is 23.8. The van der Waals surface area contributed by atoms with E-state index in [1.54, 1.807) is 12.3 Å². The van der Waals surface area contributed by atoms with Gasteiger partial charge in [0.15, 0.2) is 5.65 Å². The number of morpholine rings is 1. The summed E-state index contributed by atoms with van der Waals surface area (Å²) < 4.78 is 46.8. The van der Waals surface area contributed by atoms with E-state index < -0.39 is 17.8 Å². The summed E-state index contributed by atoms with van der Waals surface area (Å²) in [6.07, 6.45) is -1.82. The van der Waals surface area contributed by atoms with Crippen LogP contribution in [0.3, 0.4) is 0 Å². The van der Waals surface area contributed by atoms with Crippen molar-refractivity contribution in [3.05, 3.63) is 36.0 Å². The van der Waals surface area contributed by atoms with E-state index in [1.165, 1.54) is 10.7 Å². The number of nitrogens with one attached hydrogen (secondary N) is 1. The van der Waals surface area contributed by atoms with Crippen molar-refractivity contribution in [3.8, 4) is 5.69 Å². The van der Waals surface area contributed by atoms with Gasteiger partial charge in [-0.1, -0.05) is 6.07 Å². The van der Waals surface area contributed by atoms with E-state index in [2.05, 4.69) is 25.2 Å². The van der Waals surface area contributed by atoms with Gasteiger partial charge in [-0.15, -0.1) is 0 Å². The maximum Gasteiger partial charge on any atom is 0.416 e. The lowest BCUT2D eigenvalue weighted by molar-refractivity contribution is -0.137. The number of aromatic nitrogens is 4. The first-order chi connectivity index (χ1) is 16.9. The highest BCUT2D eigenvalue weighted by molar-refractivity contribution is 5.89. The molecule has 6 rings (SSSR count). The first-order valence-corrected chi connectivity index (χ1v) is 11.8. The number of anilines is 2. The summed E-state index contributed by atoms with van der Waals surface area (Å²) in [6.45, 7) is 4.83. The van der Waals surface area contributed by atoms with Crippen LogP contribution in [0.5, 0.6) is 0 Å². The Bertz CT molecular complexity index is 1220. The van der Waals surface area contributed by atoms with Gasteiger partial charge < -0.3 is 20.1 Å². The minimum absolute atomic E-state index is 0.150. The van der Waals surface area contributed by atoms with Crippen LogP contribution in [0.2, 0.25) is 0 Å². The van der Waals surface area contributed by atoms with Crippen molar-refractivity contribution in [2.75, 3.05) is 49.6 Å². The summed E-state index contributed by atoms with van der Waals surface area (Å²) in [4.78, 5) is 13.9. The Kier molecular flexibility index (Phi) is 5.53. The third-order valence-corrected chi connectivity index (χ3v) is 7.10. The molecule has 12 heteroatoms. The monoisotopic (exact) mass is 489 g/mol. The molecule has 0 unspecified atom stereocenters. The first kappa shape index (κ1) is 22.5. The topological polar surface area (TPSA) is 91.6 Å². The number of aliphatic hydroxyl groups is 1. The Balaban J connectivity index is 1.36. The number of halogens is 3. The highest BCUT2D eigenvalue weighted by Crippen LogP contribution is 2.34. The number of ether oxygens (including phenoxy) is 1. The van der Waals surface area contributed by atoms with Crippen LogP contribution in [0.15, 0.2) is 30.5 Å². The summed E-state index contributed by atoms with van der Waals surface area (Å²) in [5, 5.41) is 18.3. The fourth-order valence-corrected chi connectivity index (χ4v) is 4.82. The zero-order chi connectivity index (χ0) is 24.2. The Morgan fingerprint density at radius 1 is 1.09 bits per heavy atom. The second-order valence-corrected chi connectivity index (χ2v) is 9.32. The van der Waals surface area contributed by atoms with Gasteiger partial charge in [-0.2, -0.15) is 28.2 Å². The summed E-state index contributed by atoms with van der Waals surface area (Å²) in [7, 11) is 0. The molecule has 2 saturated heterocycles. The molecule has 0 spiro atoms. The predicted octanol–water partition coefficient (Wildman–Crippen LogP) is 2.29. The van der Waals surface area contributed by atoms with E-state index in [1.807, 2.05) is 0 Å². The van der Waals surface area contributed by atoms with E-state index in [9.17, 15) is 18.3 Å². The minimum Gasteiger partial charge on any atom is -0.391 e. The third-order valence-electron chi connectivity index (χ3n) is 7.10. The molecule has 9 nitrogen and oxygen atoms in total. The number of hydrogen-bond donors (Lipinski definition) is 2. The van der Waals surface area contributed by atoms with Crippen molar-refractivity contribution < 1.29 is 23.0 Å². The van der Waals surface area contributed by atoms with Gasteiger partial charge in [0.25, 0.3) is 0 Å². The van der Waals surface area contributed by atoms with Gasteiger partial charge in [-0.3, -0.25) is 4.90 Å². The quantitative estimate of drug-likeness (QED) is 0.564. The van der Waals surface area contributed by atoms with Gasteiger partial charge in [-0.25, -0.2) is 4.68 Å². The van der Waals surface area contributed by atoms with Crippen LogP contribution in [0.4, 0.5) is 24.9 Å². The zero-order valence-electron chi connectivity index (χ0n) is 18.9. The number of nitrogens with zero attached hydrogens (tertiary/aromatic N) is 6. The molecule has 2 aromatic heterocycles. The van der Waals surface area contributed by atoms with Gasteiger partial charge in [0, 0.05) is 32.2 Å². The fraction of sp³-hybridized carbons (Fsp3) is 0.522. The summed E-state index contributed by atoms with van der Waals surface area (Å²) >= 11 is 0. The van der Waals surface area contributed by atoms with E-state index in [0.717, 1.165) is 57.9 Å². The van der Waals surface area contributed by atoms with Gasteiger partial charge in [0.2, 0.25) is 5.95 Å². The van der Waals surface area contributed by atoms with Crippen molar-refractivity contribution in [1.29, 1.82) is 0 Å². The van der Waals surface area contributed by atoms with E-state index in [0.29, 0.717) is 35.3 Å². The number of benzene rings is 1. The Morgan fingerprint density at radius 2 is 1.89 bits per heavy atom. The largest absolute Gasteiger partial charge is 0.416 e. The number of alkyl halides is 3. The van der Waals surface area contributed by atoms with Crippen LogP contribution in [0.25, 0.3) is 16.7 Å². The van der Waals surface area contributed by atoms with Crippen molar-refractivity contribution in [2.24, 2.45) is 0 Å². The first-order valence-electron chi connectivity index (χ1n) is 11.8. The molecule has 1 aromatic carbocycles. The molecule has 0 amide bonds. The molecule has 3 fully saturated rings. The SMILES string of the molecule is O[C@@H]1CC[C@H]1Nc1nc(N2CC(N3CCOCC3)C2)c2cnn(-c3cccc(C(F)(F)F)c3)c2n1. The second kappa shape index (κ2) is 8.61. The summed E-state index contributed by atoms with van der Waals surface area (Å²) in [6, 6.07) is 5.28. The molecule has 2 atom stereocenters. The Labute approximate surface area is 199 Å². The lowest BCUT2D eigenvalue weighted by Crippen LogP contribution is -2.61. The lowest BCUT2D eigenvalue weighted by atomic mass is 9.89. The smallest absolute Gasteiger partial charge is 0.391 e. The highest BCUT2D eigenvalue weighted by Gasteiger charge is 2.36. The van der Waals surface area contributed by atoms with Gasteiger partial charge in [0.05, 0.1) is 48.2 Å². The Morgan fingerprint density at radius 3 is 2.57 bits per heavy atom. The molecule has 0 radical (unpaired) electrons. The predicted molar refractivity (Wildman–Crippen MR) is 123 cm³/mol. The zero-order valence-corrected chi connectivity index (χ0v) is 18.9. The fourth-order valence-electron chi connectivity index (χ4n) is 4.82. The molecule has 2 aliphatic heterocycles. The number of hydrogen-bond acceptors (Lipinski definition) is 8. The van der Waals surface area contributed by atoms with Crippen molar-refractivity contribution in [3.63, 3.8) is 0 Å². The molecular formula is C23H26F3N7O2. The standard InChI is InChI=1S/C23H26F3N7O2/c24-23(25,26)14-2-1-3-15(10-14)33-21-17(11-27-33)20(29-22(30-21)28-18-4-5-19(18)34)32-12-16(13-32)31-6-8-35-9-7-31/h1-3,10-11,16,18-19,34H,4-9,12-13H2,(H,28,29,30)/t18-,19-/m1/s1. The third kappa shape index (κ3) is 4.19. The number of aliphatic hydroxyl groups excluding tert-OH is 1. The van der Waals surface area contributed by atoms with Crippen molar-refractivity contribution in [2.45, 2.75) is 37.2 Å². The maximum absolute atomic E-state index is 13.3. The van der Waals surface area contributed by atoms with Gasteiger partial charge >= 0.3 is 6.18 Å². The van der Waals surface area contributed by atoms with Crippen LogP contribution in [-0.2, 0) is 10.9 Å². The average Bonchev–Trinajstić information content (AvgIpc) is 3.25. The van der Waals surface area contributed by atoms with E-state index in [-0.39, 0.29) is 11.7 Å². The van der Waals surface area contributed by atoms with E-state index >= 15 is 0 Å². The highest BCUT2D eigenvalue weighted by atomic mass is 19.4. The molecule has 0 bridgehead atoms. The lowest BCUT2D eigenvalue weighted by Gasteiger charge is -2.47. The van der Waals surface area contributed by atoms with Crippen molar-refractivity contribution >= 4 is 22.8 Å². The molecule has 3 aliphatic rings. The van der Waals surface area contributed by atoms with Crippen LogP contribution in [0, 0.1) is 0 Å². The Hall–Kier alpha value is -2.96. The van der Waals surface area contributed by atoms with Gasteiger partial charge in [-0.05, 0) is 31.0 Å². The van der Waals surface area contributed by atoms with Gasteiger partial charge in [0.1, 0.15) is 5.82 Å². The van der Waals surface area contributed by atoms with Crippen LogP contribution >= 0.6 is 0 Å². The van der Waals surface area contributed by atoms with Crippen LogP contribution in [-0.4, -0.2) is 87.3 Å². The molecule has 2 N–H and O–H groups in total. The van der Waals surface area contributed by atoms with Crippen LogP contribution in [0.1, 0.15) is 18.4 Å². The van der Waals surface area contributed by atoms with Crippen LogP contribution < -0.4 is 10.2 Å². The summed E-state index contributed by atoms with van der Waals surface area (Å²) in [5.41, 5.74) is -0.0654. The molecular weight excluding hydrogens is 463 g/mol. The number of rotatable bonds is 5. The molecule has 186 valence electrons. The average molecular weight is 490 g/mol. The maximum atomic E-state index is 13.3. The van der Waals surface area contributed by atoms with Crippen molar-refractivity contribution in [1.82, 2.24) is 24.6 Å². The molecule has 1 aliphatic carbocycles. The molecule has 4 heterocycles. The molecule has 3 aromatic rings. The molecule has 1 saturated carbocycles. The summed E-state index contributed by atoms with van der Waals surface area (Å²) in [5.74, 6) is 1.02. The molecule has 35 heavy (non-hydrogen) atoms. The van der Waals surface area contributed by atoms with E-state index in [4.69, 9.17) is 9.72 Å². The number of fused-ring (bicyclic) bond motifs is 1.